The van der Waals surface area contributed by atoms with E-state index >= 15 is 0 Å². The molecule has 1 aromatic carbocycles. The van der Waals surface area contributed by atoms with Gasteiger partial charge in [-0.25, -0.2) is 4.79 Å². The lowest BCUT2D eigenvalue weighted by Gasteiger charge is -2.31. The van der Waals surface area contributed by atoms with Gasteiger partial charge in [-0.05, 0) is 55.9 Å². The first-order valence-corrected chi connectivity index (χ1v) is 9.89. The summed E-state index contributed by atoms with van der Waals surface area (Å²) in [5, 5.41) is 2.32. The highest BCUT2D eigenvalue weighted by Crippen LogP contribution is 2.27. The minimum Gasteiger partial charge on any atom is -0.372 e. The molecule has 0 aromatic heterocycles. The van der Waals surface area contributed by atoms with Crippen LogP contribution in [-0.4, -0.2) is 41.9 Å². The number of nitrogens with zero attached hydrogens (tertiary/aromatic N) is 2. The van der Waals surface area contributed by atoms with Gasteiger partial charge >= 0.3 is 6.03 Å². The third-order valence-electron chi connectivity index (χ3n) is 5.75. The van der Waals surface area contributed by atoms with E-state index < -0.39 is 17.8 Å². The van der Waals surface area contributed by atoms with E-state index in [0.717, 1.165) is 44.3 Å². The lowest BCUT2D eigenvalue weighted by Crippen LogP contribution is -2.57. The second kappa shape index (κ2) is 7.55. The topological polar surface area (TPSA) is 69.7 Å². The number of hydrogen-bond acceptors (Lipinski definition) is 4. The second-order valence-corrected chi connectivity index (χ2v) is 7.57. The van der Waals surface area contributed by atoms with Crippen molar-refractivity contribution < 1.29 is 14.4 Å². The van der Waals surface area contributed by atoms with Crippen LogP contribution in [-0.2, 0) is 9.59 Å². The predicted octanol–water partition coefficient (Wildman–Crippen LogP) is 3.08. The zero-order valence-corrected chi connectivity index (χ0v) is 15.4. The molecule has 6 nitrogen and oxygen atoms in total. The van der Waals surface area contributed by atoms with Gasteiger partial charge in [0.15, 0.2) is 0 Å². The Balaban J connectivity index is 1.55. The van der Waals surface area contributed by atoms with Crippen LogP contribution < -0.4 is 10.2 Å². The smallest absolute Gasteiger partial charge is 0.331 e. The van der Waals surface area contributed by atoms with Crippen molar-refractivity contribution in [1.29, 1.82) is 0 Å². The summed E-state index contributed by atoms with van der Waals surface area (Å²) in [6.45, 7) is 2.14. The highest BCUT2D eigenvalue weighted by molar-refractivity contribution is 6.31. The number of carbonyl (C=O) groups excluding carboxylic acids is 3. The van der Waals surface area contributed by atoms with Gasteiger partial charge in [0, 0.05) is 24.8 Å². The number of imide groups is 2. The maximum absolute atomic E-state index is 12.8. The average Bonchev–Trinajstić information content (AvgIpc) is 3.20. The highest BCUT2D eigenvalue weighted by atomic mass is 16.2. The third-order valence-corrected chi connectivity index (χ3v) is 5.75. The van der Waals surface area contributed by atoms with E-state index in [-0.39, 0.29) is 11.6 Å². The van der Waals surface area contributed by atoms with Crippen molar-refractivity contribution in [2.75, 3.05) is 18.0 Å². The van der Waals surface area contributed by atoms with Crippen LogP contribution in [0.2, 0.25) is 0 Å². The van der Waals surface area contributed by atoms with E-state index in [1.807, 2.05) is 24.3 Å². The number of benzene rings is 1. The molecule has 0 bridgehead atoms. The van der Waals surface area contributed by atoms with E-state index in [1.165, 1.54) is 29.8 Å². The first-order valence-electron chi connectivity index (χ1n) is 9.89. The third kappa shape index (κ3) is 3.61. The Morgan fingerprint density at radius 3 is 2.22 bits per heavy atom. The van der Waals surface area contributed by atoms with E-state index in [9.17, 15) is 14.4 Å². The normalized spacial score (nSPS) is 23.3. The number of carbonyl (C=O) groups is 3. The van der Waals surface area contributed by atoms with E-state index in [0.29, 0.717) is 0 Å². The molecule has 2 aliphatic heterocycles. The van der Waals surface area contributed by atoms with Crippen molar-refractivity contribution >= 4 is 29.6 Å². The summed E-state index contributed by atoms with van der Waals surface area (Å²) in [4.78, 5) is 40.8. The number of barbiturate groups is 1. The molecule has 0 radical (unpaired) electrons. The van der Waals surface area contributed by atoms with Gasteiger partial charge in [0.05, 0.1) is 0 Å². The Labute approximate surface area is 159 Å². The fraction of sp³-hybridized carbons (Fsp3) is 0.476. The van der Waals surface area contributed by atoms with Crippen LogP contribution in [0.5, 0.6) is 0 Å². The molecule has 4 rings (SSSR count). The zero-order chi connectivity index (χ0) is 18.8. The molecule has 0 unspecified atom stereocenters. The van der Waals surface area contributed by atoms with Gasteiger partial charge in [-0.2, -0.15) is 0 Å². The van der Waals surface area contributed by atoms with Crippen LogP contribution in [0.1, 0.15) is 50.5 Å². The number of piperidine rings is 1. The SMILES string of the molecule is O=C1NC(=O)N(C2CCCC2)C(=O)/C1=C/c1ccc(N2CCCCC2)cc1. The summed E-state index contributed by atoms with van der Waals surface area (Å²) in [5.41, 5.74) is 1.99. The molecular formula is C21H25N3O3. The Morgan fingerprint density at radius 2 is 1.56 bits per heavy atom. The second-order valence-electron chi connectivity index (χ2n) is 7.57. The fourth-order valence-electron chi connectivity index (χ4n) is 4.27. The van der Waals surface area contributed by atoms with Gasteiger partial charge < -0.3 is 4.90 Å². The van der Waals surface area contributed by atoms with Crippen LogP contribution in [0.3, 0.4) is 0 Å². The molecule has 1 N–H and O–H groups in total. The average molecular weight is 367 g/mol. The first kappa shape index (κ1) is 17.8. The summed E-state index contributed by atoms with van der Waals surface area (Å²) in [6.07, 6.45) is 8.94. The van der Waals surface area contributed by atoms with Crippen molar-refractivity contribution in [2.45, 2.75) is 51.0 Å². The molecule has 1 aliphatic carbocycles. The molecule has 0 atom stereocenters. The Kier molecular flexibility index (Phi) is 4.97. The summed E-state index contributed by atoms with van der Waals surface area (Å²) >= 11 is 0. The van der Waals surface area contributed by atoms with Gasteiger partial charge in [-0.1, -0.05) is 25.0 Å². The van der Waals surface area contributed by atoms with Crippen LogP contribution in [0.15, 0.2) is 29.8 Å². The molecule has 3 fully saturated rings. The molecular weight excluding hydrogens is 342 g/mol. The standard InChI is InChI=1S/C21H25N3O3/c25-19-18(20(26)24(21(27)22-19)17-6-2-3-7-17)14-15-8-10-16(11-9-15)23-12-4-1-5-13-23/h8-11,14,17H,1-7,12-13H2,(H,22,25,27)/b18-14+. The van der Waals surface area contributed by atoms with Crippen molar-refractivity contribution in [3.8, 4) is 0 Å². The molecule has 27 heavy (non-hydrogen) atoms. The van der Waals surface area contributed by atoms with Gasteiger partial charge in [-0.3, -0.25) is 19.8 Å². The summed E-state index contributed by atoms with van der Waals surface area (Å²) < 4.78 is 0. The van der Waals surface area contributed by atoms with Crippen LogP contribution in [0.4, 0.5) is 10.5 Å². The number of rotatable bonds is 3. The van der Waals surface area contributed by atoms with Gasteiger partial charge in [-0.15, -0.1) is 0 Å². The van der Waals surface area contributed by atoms with Gasteiger partial charge in [0.1, 0.15) is 5.57 Å². The number of anilines is 1. The van der Waals surface area contributed by atoms with E-state index in [4.69, 9.17) is 0 Å². The summed E-state index contributed by atoms with van der Waals surface area (Å²) in [7, 11) is 0. The number of hydrogen-bond donors (Lipinski definition) is 1. The number of amides is 4. The molecule has 2 heterocycles. The molecule has 3 aliphatic rings. The van der Waals surface area contributed by atoms with E-state index in [2.05, 4.69) is 10.2 Å². The predicted molar refractivity (Wildman–Crippen MR) is 103 cm³/mol. The molecule has 1 saturated carbocycles. The summed E-state index contributed by atoms with van der Waals surface area (Å²) in [6, 6.07) is 7.22. The number of urea groups is 1. The maximum atomic E-state index is 12.8. The molecule has 2 saturated heterocycles. The minimum atomic E-state index is -0.612. The maximum Gasteiger partial charge on any atom is 0.331 e. The van der Waals surface area contributed by atoms with Crippen molar-refractivity contribution in [3.63, 3.8) is 0 Å². The van der Waals surface area contributed by atoms with Gasteiger partial charge in [0.25, 0.3) is 11.8 Å². The van der Waals surface area contributed by atoms with Crippen molar-refractivity contribution in [1.82, 2.24) is 10.2 Å². The Hall–Kier alpha value is -2.63. The molecule has 0 spiro atoms. The summed E-state index contributed by atoms with van der Waals surface area (Å²) in [5.74, 6) is -1.09. The minimum absolute atomic E-state index is 0.0345. The van der Waals surface area contributed by atoms with Gasteiger partial charge in [0.2, 0.25) is 0 Å². The molecule has 142 valence electrons. The van der Waals surface area contributed by atoms with E-state index in [1.54, 1.807) is 6.08 Å². The molecule has 1 aromatic rings. The van der Waals surface area contributed by atoms with Crippen LogP contribution in [0.25, 0.3) is 6.08 Å². The lowest BCUT2D eigenvalue weighted by atomic mass is 10.0. The molecule has 6 heteroatoms. The lowest BCUT2D eigenvalue weighted by molar-refractivity contribution is -0.131. The fourth-order valence-corrected chi connectivity index (χ4v) is 4.27. The quantitative estimate of drug-likeness (QED) is 0.658. The Morgan fingerprint density at radius 1 is 0.889 bits per heavy atom. The van der Waals surface area contributed by atoms with Crippen molar-refractivity contribution in [2.24, 2.45) is 0 Å². The Bertz CT molecular complexity index is 772. The first-order chi connectivity index (χ1) is 13.1. The molecule has 4 amide bonds. The van der Waals surface area contributed by atoms with Crippen LogP contribution >= 0.6 is 0 Å². The number of nitrogens with one attached hydrogen (secondary N) is 1. The van der Waals surface area contributed by atoms with Crippen LogP contribution in [0, 0.1) is 0 Å². The van der Waals surface area contributed by atoms with Crippen molar-refractivity contribution in [3.05, 3.63) is 35.4 Å². The monoisotopic (exact) mass is 367 g/mol. The highest BCUT2D eigenvalue weighted by Gasteiger charge is 2.40. The largest absolute Gasteiger partial charge is 0.372 e. The zero-order valence-electron chi connectivity index (χ0n) is 15.4.